The minimum absolute atomic E-state index is 0.436. The second kappa shape index (κ2) is 3.46. The van der Waals surface area contributed by atoms with E-state index in [1.807, 2.05) is 0 Å². The van der Waals surface area contributed by atoms with Gasteiger partial charge >= 0.3 is 6.36 Å². The predicted molar refractivity (Wildman–Crippen MR) is 43.6 cm³/mol. The van der Waals surface area contributed by atoms with Crippen LogP contribution < -0.4 is 4.74 Å². The molecule has 6 heteroatoms. The van der Waals surface area contributed by atoms with Gasteiger partial charge in [-0.2, -0.15) is 0 Å². The molecule has 0 spiro atoms. The first kappa shape index (κ1) is 9.56. The number of pyridine rings is 1. The van der Waals surface area contributed by atoms with E-state index in [1.54, 1.807) is 28.7 Å². The molecule has 1 aromatic heterocycles. The third-order valence-electron chi connectivity index (χ3n) is 0.910. The summed E-state index contributed by atoms with van der Waals surface area (Å²) in [5.41, 5.74) is 0. The molecule has 0 aliphatic carbocycles. The van der Waals surface area contributed by atoms with Gasteiger partial charge in [0.25, 0.3) is 0 Å². The van der Waals surface area contributed by atoms with E-state index < -0.39 is 12.2 Å². The molecule has 2 nitrogen and oxygen atoms in total. The highest BCUT2D eigenvalue weighted by Gasteiger charge is 2.31. The van der Waals surface area contributed by atoms with Gasteiger partial charge in [0.1, 0.15) is 3.70 Å². The molecule has 0 amide bonds. The summed E-state index contributed by atoms with van der Waals surface area (Å²) in [7, 11) is 0. The van der Waals surface area contributed by atoms with Crippen molar-refractivity contribution in [1.29, 1.82) is 0 Å². The molecular weight excluding hydrogens is 286 g/mol. The highest BCUT2D eigenvalue weighted by atomic mass is 127. The number of halogens is 4. The van der Waals surface area contributed by atoms with Crippen LogP contribution in [0.5, 0.6) is 5.88 Å². The number of aromatic nitrogens is 1. The van der Waals surface area contributed by atoms with Crippen LogP contribution in [-0.2, 0) is 0 Å². The van der Waals surface area contributed by atoms with Gasteiger partial charge in [-0.15, -0.1) is 13.2 Å². The van der Waals surface area contributed by atoms with Crippen molar-refractivity contribution >= 4 is 22.6 Å². The Morgan fingerprint density at radius 1 is 1.33 bits per heavy atom. The van der Waals surface area contributed by atoms with Gasteiger partial charge in [-0.1, -0.05) is 6.07 Å². The van der Waals surface area contributed by atoms with Crippen molar-refractivity contribution in [3.8, 4) is 5.88 Å². The van der Waals surface area contributed by atoms with Gasteiger partial charge in [0.05, 0.1) is 0 Å². The number of rotatable bonds is 1. The van der Waals surface area contributed by atoms with Crippen molar-refractivity contribution in [2.45, 2.75) is 6.36 Å². The maximum Gasteiger partial charge on any atom is 0.574 e. The van der Waals surface area contributed by atoms with Crippen LogP contribution in [0.3, 0.4) is 0 Å². The van der Waals surface area contributed by atoms with Gasteiger partial charge in [-0.05, 0) is 28.7 Å². The molecule has 0 fully saturated rings. The summed E-state index contributed by atoms with van der Waals surface area (Å²) in [6, 6.07) is 4.16. The van der Waals surface area contributed by atoms with Crippen molar-refractivity contribution in [3.05, 3.63) is 21.9 Å². The summed E-state index contributed by atoms with van der Waals surface area (Å²) in [6.07, 6.45) is -4.67. The van der Waals surface area contributed by atoms with Gasteiger partial charge < -0.3 is 4.74 Å². The Morgan fingerprint density at radius 2 is 2.00 bits per heavy atom. The lowest BCUT2D eigenvalue weighted by Crippen LogP contribution is -2.17. The zero-order chi connectivity index (χ0) is 9.19. The van der Waals surface area contributed by atoms with Crippen molar-refractivity contribution in [2.24, 2.45) is 0 Å². The summed E-state index contributed by atoms with van der Waals surface area (Å²) in [5.74, 6) is -0.436. The Hall–Kier alpha value is -0.530. The lowest BCUT2D eigenvalue weighted by atomic mass is 10.5. The van der Waals surface area contributed by atoms with Crippen molar-refractivity contribution in [2.75, 3.05) is 0 Å². The minimum Gasteiger partial charge on any atom is -0.388 e. The first-order valence-electron chi connectivity index (χ1n) is 2.86. The Bertz CT molecular complexity index is 276. The molecule has 0 saturated carbocycles. The Balaban J connectivity index is 2.77. The highest BCUT2D eigenvalue weighted by Crippen LogP contribution is 2.20. The van der Waals surface area contributed by atoms with Crippen LogP contribution in [0.2, 0.25) is 0 Å². The van der Waals surface area contributed by atoms with E-state index in [1.165, 1.54) is 6.07 Å². The van der Waals surface area contributed by atoms with Crippen LogP contribution in [0, 0.1) is 3.70 Å². The fourth-order valence-corrected chi connectivity index (χ4v) is 1.01. The number of hydrogen-bond donors (Lipinski definition) is 0. The Kier molecular flexibility index (Phi) is 2.76. The third-order valence-corrected chi connectivity index (χ3v) is 1.51. The molecule has 0 bridgehead atoms. The first-order valence-corrected chi connectivity index (χ1v) is 3.93. The van der Waals surface area contributed by atoms with Crippen molar-refractivity contribution in [1.82, 2.24) is 4.98 Å². The quantitative estimate of drug-likeness (QED) is 0.585. The molecule has 0 aliphatic rings. The Morgan fingerprint density at radius 3 is 2.50 bits per heavy atom. The molecule has 0 aliphatic heterocycles. The third kappa shape index (κ3) is 3.24. The van der Waals surface area contributed by atoms with Crippen LogP contribution in [0.1, 0.15) is 0 Å². The molecule has 0 radical (unpaired) electrons. The van der Waals surface area contributed by atoms with Crippen LogP contribution >= 0.6 is 22.6 Å². The fourth-order valence-electron chi connectivity index (χ4n) is 0.565. The standard InChI is InChI=1S/C6H3F3INO/c7-6(8,9)12-5-3-1-2-4(10)11-5/h1-3H. The van der Waals surface area contributed by atoms with Crippen molar-refractivity contribution < 1.29 is 17.9 Å². The predicted octanol–water partition coefficient (Wildman–Crippen LogP) is 2.58. The summed E-state index contributed by atoms with van der Waals surface area (Å²) in [4.78, 5) is 3.50. The van der Waals surface area contributed by atoms with E-state index in [4.69, 9.17) is 0 Å². The van der Waals surface area contributed by atoms with Gasteiger partial charge in [0.15, 0.2) is 0 Å². The lowest BCUT2D eigenvalue weighted by Gasteiger charge is -2.06. The monoisotopic (exact) mass is 289 g/mol. The van der Waals surface area contributed by atoms with E-state index in [-0.39, 0.29) is 0 Å². The lowest BCUT2D eigenvalue weighted by molar-refractivity contribution is -0.276. The number of ether oxygens (including phenoxy) is 1. The van der Waals surface area contributed by atoms with Crippen LogP contribution in [-0.4, -0.2) is 11.3 Å². The van der Waals surface area contributed by atoms with Crippen LogP contribution in [0.25, 0.3) is 0 Å². The number of hydrogen-bond acceptors (Lipinski definition) is 2. The number of nitrogens with zero attached hydrogens (tertiary/aromatic N) is 1. The topological polar surface area (TPSA) is 22.1 Å². The molecule has 1 aromatic rings. The maximum atomic E-state index is 11.6. The zero-order valence-electron chi connectivity index (χ0n) is 5.60. The fraction of sp³-hybridized carbons (Fsp3) is 0.167. The van der Waals surface area contributed by atoms with Crippen LogP contribution in [0.4, 0.5) is 13.2 Å². The van der Waals surface area contributed by atoms with E-state index in [0.29, 0.717) is 3.70 Å². The molecule has 0 N–H and O–H groups in total. The molecule has 1 heterocycles. The Labute approximate surface area is 79.9 Å². The largest absolute Gasteiger partial charge is 0.574 e. The average molecular weight is 289 g/mol. The molecule has 0 atom stereocenters. The number of alkyl halides is 3. The van der Waals surface area contributed by atoms with Gasteiger partial charge in [-0.25, -0.2) is 4.98 Å². The maximum absolute atomic E-state index is 11.6. The van der Waals surface area contributed by atoms with Gasteiger partial charge in [0.2, 0.25) is 5.88 Å². The molecule has 1 rings (SSSR count). The van der Waals surface area contributed by atoms with E-state index in [0.717, 1.165) is 6.07 Å². The summed E-state index contributed by atoms with van der Waals surface area (Å²) >= 11 is 1.80. The van der Waals surface area contributed by atoms with Gasteiger partial charge in [-0.3, -0.25) is 0 Å². The van der Waals surface area contributed by atoms with E-state index in [2.05, 4.69) is 9.72 Å². The van der Waals surface area contributed by atoms with E-state index in [9.17, 15) is 13.2 Å². The minimum atomic E-state index is -4.67. The molecule has 0 unspecified atom stereocenters. The summed E-state index contributed by atoms with van der Waals surface area (Å²) in [6.45, 7) is 0. The van der Waals surface area contributed by atoms with Crippen molar-refractivity contribution in [3.63, 3.8) is 0 Å². The summed E-state index contributed by atoms with van der Waals surface area (Å²) in [5, 5.41) is 0. The second-order valence-corrected chi connectivity index (χ2v) is 2.95. The SMILES string of the molecule is FC(F)(F)Oc1cccc(I)n1. The zero-order valence-corrected chi connectivity index (χ0v) is 7.76. The molecule has 0 saturated heterocycles. The normalized spacial score (nSPS) is 11.3. The molecule has 12 heavy (non-hydrogen) atoms. The van der Waals surface area contributed by atoms with E-state index >= 15 is 0 Å². The molecular formula is C6H3F3INO. The highest BCUT2D eigenvalue weighted by molar-refractivity contribution is 14.1. The second-order valence-electron chi connectivity index (χ2n) is 1.85. The summed E-state index contributed by atoms with van der Waals surface area (Å²) < 4.78 is 38.8. The molecule has 66 valence electrons. The van der Waals surface area contributed by atoms with Crippen LogP contribution in [0.15, 0.2) is 18.2 Å². The average Bonchev–Trinajstić information content (AvgIpc) is 1.82. The smallest absolute Gasteiger partial charge is 0.388 e. The first-order chi connectivity index (χ1) is 5.47. The molecule has 0 aromatic carbocycles. The van der Waals surface area contributed by atoms with Gasteiger partial charge in [0, 0.05) is 6.07 Å².